The summed E-state index contributed by atoms with van der Waals surface area (Å²) in [6, 6.07) is 3.42. The van der Waals surface area contributed by atoms with Crippen LogP contribution in [-0.4, -0.2) is 31.5 Å². The van der Waals surface area contributed by atoms with Crippen LogP contribution in [0.25, 0.3) is 0 Å². The number of hydrogen-bond donors (Lipinski definition) is 0. The van der Waals surface area contributed by atoms with E-state index in [9.17, 15) is 8.78 Å². The molecular formula is C15H19BF2O4. The number of fused-ring (bicyclic) bond motifs is 1. The van der Waals surface area contributed by atoms with Crippen molar-refractivity contribution in [1.29, 1.82) is 0 Å². The third-order valence-electron chi connectivity index (χ3n) is 4.57. The van der Waals surface area contributed by atoms with Gasteiger partial charge >= 0.3 is 13.7 Å². The maximum Gasteiger partial charge on any atom is 0.498 e. The normalized spacial score (nSPS) is 21.9. The van der Waals surface area contributed by atoms with E-state index in [4.69, 9.17) is 18.8 Å². The SMILES string of the molecule is CC1(C)OB(c2ccc3c(c2OC(F)F)CCO3)OC1(C)C. The smallest absolute Gasteiger partial charge is 0.493 e. The fourth-order valence-corrected chi connectivity index (χ4v) is 2.65. The first-order chi connectivity index (χ1) is 10.2. The van der Waals surface area contributed by atoms with Crippen molar-refractivity contribution >= 4 is 12.6 Å². The molecule has 2 aliphatic rings. The zero-order valence-electron chi connectivity index (χ0n) is 13.1. The molecule has 2 aliphatic heterocycles. The molecule has 0 spiro atoms. The Morgan fingerprint density at radius 3 is 2.36 bits per heavy atom. The van der Waals surface area contributed by atoms with Gasteiger partial charge < -0.3 is 18.8 Å². The van der Waals surface area contributed by atoms with Gasteiger partial charge in [-0.2, -0.15) is 8.78 Å². The van der Waals surface area contributed by atoms with Crippen LogP contribution in [0.5, 0.6) is 11.5 Å². The standard InChI is InChI=1S/C15H19BF2O4/c1-14(2)15(3,4)22-16(21-14)10-5-6-11-9(7-8-19-11)12(10)20-13(17)18/h5-6,13H,7-8H2,1-4H3. The number of ether oxygens (including phenoxy) is 2. The molecule has 7 heteroatoms. The van der Waals surface area contributed by atoms with Crippen LogP contribution < -0.4 is 14.9 Å². The molecule has 2 heterocycles. The molecule has 1 aromatic rings. The molecule has 3 rings (SSSR count). The number of hydrogen-bond acceptors (Lipinski definition) is 4. The van der Waals surface area contributed by atoms with E-state index < -0.39 is 24.9 Å². The van der Waals surface area contributed by atoms with Gasteiger partial charge in [0.2, 0.25) is 0 Å². The van der Waals surface area contributed by atoms with Gasteiger partial charge in [0, 0.05) is 17.4 Å². The van der Waals surface area contributed by atoms with Gasteiger partial charge in [0.25, 0.3) is 0 Å². The molecule has 0 saturated carbocycles. The topological polar surface area (TPSA) is 36.9 Å². The van der Waals surface area contributed by atoms with Crippen molar-refractivity contribution in [1.82, 2.24) is 0 Å². The van der Waals surface area contributed by atoms with Crippen molar-refractivity contribution in [2.75, 3.05) is 6.61 Å². The first kappa shape index (κ1) is 15.6. The molecule has 1 saturated heterocycles. The molecule has 0 atom stereocenters. The largest absolute Gasteiger partial charge is 0.498 e. The fraction of sp³-hybridized carbons (Fsp3) is 0.600. The van der Waals surface area contributed by atoms with Crippen LogP contribution >= 0.6 is 0 Å². The highest BCUT2D eigenvalue weighted by Gasteiger charge is 2.53. The van der Waals surface area contributed by atoms with Gasteiger partial charge in [0.05, 0.1) is 17.8 Å². The van der Waals surface area contributed by atoms with Crippen LogP contribution in [0, 0.1) is 0 Å². The molecule has 1 aromatic carbocycles. The molecule has 0 aliphatic carbocycles. The van der Waals surface area contributed by atoms with E-state index in [1.165, 1.54) is 0 Å². The molecule has 22 heavy (non-hydrogen) atoms. The maximum atomic E-state index is 12.8. The minimum Gasteiger partial charge on any atom is -0.493 e. The van der Waals surface area contributed by atoms with E-state index in [1.807, 2.05) is 27.7 Å². The lowest BCUT2D eigenvalue weighted by Gasteiger charge is -2.32. The molecule has 120 valence electrons. The summed E-state index contributed by atoms with van der Waals surface area (Å²) < 4.78 is 47.7. The Hall–Kier alpha value is -1.34. The Morgan fingerprint density at radius 2 is 1.77 bits per heavy atom. The van der Waals surface area contributed by atoms with Crippen LogP contribution in [0.15, 0.2) is 12.1 Å². The van der Waals surface area contributed by atoms with Gasteiger partial charge in [0.15, 0.2) is 0 Å². The fourth-order valence-electron chi connectivity index (χ4n) is 2.65. The molecule has 1 fully saturated rings. The van der Waals surface area contributed by atoms with Crippen LogP contribution in [0.3, 0.4) is 0 Å². The van der Waals surface area contributed by atoms with Gasteiger partial charge in [-0.25, -0.2) is 0 Å². The first-order valence-corrected chi connectivity index (χ1v) is 7.30. The minimum absolute atomic E-state index is 0.114. The number of halogens is 2. The summed E-state index contributed by atoms with van der Waals surface area (Å²) in [5.41, 5.74) is 0.0283. The van der Waals surface area contributed by atoms with E-state index in [0.29, 0.717) is 29.8 Å². The predicted octanol–water partition coefficient (Wildman–Crippen LogP) is 2.52. The van der Waals surface area contributed by atoms with Gasteiger partial charge in [-0.05, 0) is 33.8 Å². The monoisotopic (exact) mass is 312 g/mol. The first-order valence-electron chi connectivity index (χ1n) is 7.30. The lowest BCUT2D eigenvalue weighted by molar-refractivity contribution is -0.0497. The maximum absolute atomic E-state index is 12.8. The van der Waals surface area contributed by atoms with Crippen LogP contribution in [0.2, 0.25) is 0 Å². The van der Waals surface area contributed by atoms with Gasteiger partial charge in [-0.1, -0.05) is 6.07 Å². The highest BCUT2D eigenvalue weighted by atomic mass is 19.3. The molecular weight excluding hydrogens is 293 g/mol. The van der Waals surface area contributed by atoms with E-state index in [0.717, 1.165) is 0 Å². The van der Waals surface area contributed by atoms with Crippen molar-refractivity contribution in [3.63, 3.8) is 0 Å². The second-order valence-corrected chi connectivity index (χ2v) is 6.53. The summed E-state index contributed by atoms with van der Waals surface area (Å²) in [5.74, 6) is 0.694. The number of rotatable bonds is 3. The van der Waals surface area contributed by atoms with Gasteiger partial charge in [-0.3, -0.25) is 0 Å². The Balaban J connectivity index is 2.01. The van der Waals surface area contributed by atoms with Crippen molar-refractivity contribution in [2.24, 2.45) is 0 Å². The molecule has 0 amide bonds. The summed E-state index contributed by atoms with van der Waals surface area (Å²) in [6.45, 7) is 5.21. The predicted molar refractivity (Wildman–Crippen MR) is 78.0 cm³/mol. The van der Waals surface area contributed by atoms with E-state index in [-0.39, 0.29) is 5.75 Å². The van der Waals surface area contributed by atoms with E-state index in [2.05, 4.69) is 0 Å². The summed E-state index contributed by atoms with van der Waals surface area (Å²) in [6.07, 6.45) is 0.532. The van der Waals surface area contributed by atoms with Crippen LogP contribution in [-0.2, 0) is 15.7 Å². The van der Waals surface area contributed by atoms with Gasteiger partial charge in [-0.15, -0.1) is 0 Å². The van der Waals surface area contributed by atoms with Crippen molar-refractivity contribution in [2.45, 2.75) is 51.9 Å². The highest BCUT2D eigenvalue weighted by molar-refractivity contribution is 6.63. The summed E-state index contributed by atoms with van der Waals surface area (Å²) in [5, 5.41) is 0. The summed E-state index contributed by atoms with van der Waals surface area (Å²) in [4.78, 5) is 0. The zero-order chi connectivity index (χ0) is 16.1. The zero-order valence-corrected chi connectivity index (χ0v) is 13.1. The van der Waals surface area contributed by atoms with Gasteiger partial charge in [0.1, 0.15) is 11.5 Å². The molecule has 0 radical (unpaired) electrons. The number of alkyl halides is 2. The Bertz CT molecular complexity index is 573. The van der Waals surface area contributed by atoms with E-state index >= 15 is 0 Å². The third-order valence-corrected chi connectivity index (χ3v) is 4.57. The van der Waals surface area contributed by atoms with Crippen molar-refractivity contribution < 1.29 is 27.6 Å². The summed E-state index contributed by atoms with van der Waals surface area (Å²) in [7, 11) is -0.746. The number of benzene rings is 1. The van der Waals surface area contributed by atoms with Crippen molar-refractivity contribution in [3.05, 3.63) is 17.7 Å². The lowest BCUT2D eigenvalue weighted by Crippen LogP contribution is -2.41. The van der Waals surface area contributed by atoms with Crippen LogP contribution in [0.1, 0.15) is 33.3 Å². The quantitative estimate of drug-likeness (QED) is 0.804. The van der Waals surface area contributed by atoms with Crippen molar-refractivity contribution in [3.8, 4) is 11.5 Å². The highest BCUT2D eigenvalue weighted by Crippen LogP contribution is 2.39. The molecule has 0 bridgehead atoms. The van der Waals surface area contributed by atoms with E-state index in [1.54, 1.807) is 12.1 Å². The minimum atomic E-state index is -2.91. The Labute approximate surface area is 128 Å². The molecule has 0 N–H and O–H groups in total. The summed E-state index contributed by atoms with van der Waals surface area (Å²) >= 11 is 0. The Morgan fingerprint density at radius 1 is 1.14 bits per heavy atom. The lowest BCUT2D eigenvalue weighted by atomic mass is 9.77. The third kappa shape index (κ3) is 2.46. The molecule has 0 aromatic heterocycles. The average Bonchev–Trinajstić information content (AvgIpc) is 2.92. The molecule has 4 nitrogen and oxygen atoms in total. The second kappa shape index (κ2) is 5.10. The average molecular weight is 312 g/mol. The Kier molecular flexibility index (Phi) is 3.60. The van der Waals surface area contributed by atoms with Crippen LogP contribution in [0.4, 0.5) is 8.78 Å². The second-order valence-electron chi connectivity index (χ2n) is 6.53. The molecule has 0 unspecified atom stereocenters.